The minimum Gasteiger partial charge on any atom is -0.497 e. The Labute approximate surface area is 134 Å². The molecule has 23 heavy (non-hydrogen) atoms. The third kappa shape index (κ3) is 2.67. The summed E-state index contributed by atoms with van der Waals surface area (Å²) >= 11 is 0. The molecule has 0 unspecified atom stereocenters. The molecule has 6 nitrogen and oxygen atoms in total. The van der Waals surface area contributed by atoms with E-state index in [0.717, 1.165) is 43.4 Å². The van der Waals surface area contributed by atoms with Gasteiger partial charge < -0.3 is 14.5 Å². The van der Waals surface area contributed by atoms with Crippen molar-refractivity contribution in [2.75, 3.05) is 43.1 Å². The first-order valence-electron chi connectivity index (χ1n) is 7.78. The first kappa shape index (κ1) is 13.9. The minimum atomic E-state index is 0.887. The number of benzene rings is 1. The van der Waals surface area contributed by atoms with E-state index in [1.807, 2.05) is 30.5 Å². The molecular formula is C17H19N5O. The van der Waals surface area contributed by atoms with Gasteiger partial charge in [-0.05, 0) is 18.2 Å². The molecule has 2 aromatic heterocycles. The molecule has 0 radical (unpaired) electrons. The number of hydrogen-bond donors (Lipinski definition) is 0. The standard InChI is InChI=1S/C17H19N5O/c1-23-15-4-2-3-14(13-15)20-9-11-21(12-10-20)16-6-8-22-17(19-16)5-7-18-22/h2-8,13H,9-12H2,1H3. The predicted octanol–water partition coefficient (Wildman–Crippen LogP) is 2.06. The summed E-state index contributed by atoms with van der Waals surface area (Å²) in [6.07, 6.45) is 3.74. The van der Waals surface area contributed by atoms with Crippen LogP contribution in [0.2, 0.25) is 0 Å². The Balaban J connectivity index is 1.47. The number of ether oxygens (including phenoxy) is 1. The Morgan fingerprint density at radius 1 is 1.00 bits per heavy atom. The summed E-state index contributed by atoms with van der Waals surface area (Å²) in [7, 11) is 1.70. The quantitative estimate of drug-likeness (QED) is 0.741. The molecule has 0 spiro atoms. The lowest BCUT2D eigenvalue weighted by atomic mass is 10.2. The van der Waals surface area contributed by atoms with Gasteiger partial charge in [0.2, 0.25) is 0 Å². The minimum absolute atomic E-state index is 0.887. The van der Waals surface area contributed by atoms with Crippen molar-refractivity contribution in [1.82, 2.24) is 14.6 Å². The second-order valence-corrected chi connectivity index (χ2v) is 5.60. The van der Waals surface area contributed by atoms with Crippen LogP contribution >= 0.6 is 0 Å². The highest BCUT2D eigenvalue weighted by Gasteiger charge is 2.19. The maximum absolute atomic E-state index is 5.31. The Kier molecular flexibility index (Phi) is 3.49. The van der Waals surface area contributed by atoms with Crippen LogP contribution in [0.3, 0.4) is 0 Å². The number of anilines is 2. The maximum Gasteiger partial charge on any atom is 0.157 e. The van der Waals surface area contributed by atoms with E-state index in [-0.39, 0.29) is 0 Å². The largest absolute Gasteiger partial charge is 0.497 e. The number of nitrogens with zero attached hydrogens (tertiary/aromatic N) is 5. The van der Waals surface area contributed by atoms with Crippen LogP contribution in [0.5, 0.6) is 5.75 Å². The fourth-order valence-electron chi connectivity index (χ4n) is 2.98. The van der Waals surface area contributed by atoms with Crippen LogP contribution in [0.25, 0.3) is 5.65 Å². The van der Waals surface area contributed by atoms with Crippen LogP contribution in [0, 0.1) is 0 Å². The molecule has 0 saturated carbocycles. The second kappa shape index (κ2) is 5.79. The molecular weight excluding hydrogens is 290 g/mol. The van der Waals surface area contributed by atoms with Gasteiger partial charge in [0.25, 0.3) is 0 Å². The second-order valence-electron chi connectivity index (χ2n) is 5.60. The van der Waals surface area contributed by atoms with Crippen molar-refractivity contribution < 1.29 is 4.74 Å². The summed E-state index contributed by atoms with van der Waals surface area (Å²) in [6.45, 7) is 3.85. The molecule has 0 N–H and O–H groups in total. The van der Waals surface area contributed by atoms with E-state index < -0.39 is 0 Å². The monoisotopic (exact) mass is 309 g/mol. The van der Waals surface area contributed by atoms with Gasteiger partial charge in [0, 0.05) is 50.2 Å². The van der Waals surface area contributed by atoms with E-state index >= 15 is 0 Å². The molecule has 118 valence electrons. The van der Waals surface area contributed by atoms with Crippen molar-refractivity contribution in [2.24, 2.45) is 0 Å². The van der Waals surface area contributed by atoms with E-state index in [4.69, 9.17) is 4.74 Å². The summed E-state index contributed by atoms with van der Waals surface area (Å²) < 4.78 is 7.10. The van der Waals surface area contributed by atoms with Gasteiger partial charge in [-0.3, -0.25) is 0 Å². The lowest BCUT2D eigenvalue weighted by Crippen LogP contribution is -2.46. The van der Waals surface area contributed by atoms with Gasteiger partial charge in [0.1, 0.15) is 11.6 Å². The Morgan fingerprint density at radius 3 is 2.65 bits per heavy atom. The van der Waals surface area contributed by atoms with Gasteiger partial charge >= 0.3 is 0 Å². The lowest BCUT2D eigenvalue weighted by molar-refractivity contribution is 0.414. The molecule has 3 heterocycles. The van der Waals surface area contributed by atoms with Crippen molar-refractivity contribution in [1.29, 1.82) is 0 Å². The number of hydrogen-bond acceptors (Lipinski definition) is 5. The maximum atomic E-state index is 5.31. The SMILES string of the molecule is COc1cccc(N2CCN(c3ccn4nccc4n3)CC2)c1. The summed E-state index contributed by atoms with van der Waals surface area (Å²) in [4.78, 5) is 9.38. The number of aromatic nitrogens is 3. The van der Waals surface area contributed by atoms with Crippen molar-refractivity contribution in [3.63, 3.8) is 0 Å². The van der Waals surface area contributed by atoms with E-state index in [9.17, 15) is 0 Å². The predicted molar refractivity (Wildman–Crippen MR) is 90.4 cm³/mol. The van der Waals surface area contributed by atoms with Gasteiger partial charge in [0.05, 0.1) is 13.3 Å². The molecule has 1 aromatic carbocycles. The van der Waals surface area contributed by atoms with Gasteiger partial charge in [-0.15, -0.1) is 0 Å². The molecule has 1 fully saturated rings. The first-order valence-corrected chi connectivity index (χ1v) is 7.78. The van der Waals surface area contributed by atoms with Gasteiger partial charge in [-0.25, -0.2) is 9.50 Å². The van der Waals surface area contributed by atoms with E-state index in [1.54, 1.807) is 17.8 Å². The number of fused-ring (bicyclic) bond motifs is 1. The Hall–Kier alpha value is -2.76. The number of piperazine rings is 1. The van der Waals surface area contributed by atoms with Crippen LogP contribution in [0.15, 0.2) is 48.8 Å². The molecule has 3 aromatic rings. The number of methoxy groups -OCH3 is 1. The molecule has 4 rings (SSSR count). The first-order chi connectivity index (χ1) is 11.3. The van der Waals surface area contributed by atoms with Crippen LogP contribution in [-0.2, 0) is 0 Å². The highest BCUT2D eigenvalue weighted by atomic mass is 16.5. The van der Waals surface area contributed by atoms with Crippen LogP contribution < -0.4 is 14.5 Å². The van der Waals surface area contributed by atoms with Crippen LogP contribution in [0.4, 0.5) is 11.5 Å². The highest BCUT2D eigenvalue weighted by molar-refractivity contribution is 5.53. The Morgan fingerprint density at radius 2 is 1.83 bits per heavy atom. The Bertz CT molecular complexity index is 807. The highest BCUT2D eigenvalue weighted by Crippen LogP contribution is 2.23. The van der Waals surface area contributed by atoms with E-state index in [1.165, 1.54) is 5.69 Å². The fraction of sp³-hybridized carbons (Fsp3) is 0.294. The smallest absolute Gasteiger partial charge is 0.157 e. The van der Waals surface area contributed by atoms with Crippen LogP contribution in [0.1, 0.15) is 0 Å². The van der Waals surface area contributed by atoms with Crippen LogP contribution in [-0.4, -0.2) is 47.9 Å². The molecule has 1 saturated heterocycles. The average molecular weight is 309 g/mol. The summed E-state index contributed by atoms with van der Waals surface area (Å²) in [6, 6.07) is 12.2. The molecule has 0 bridgehead atoms. The summed E-state index contributed by atoms with van der Waals surface area (Å²) in [5.74, 6) is 1.92. The lowest BCUT2D eigenvalue weighted by Gasteiger charge is -2.36. The zero-order chi connectivity index (χ0) is 15.6. The van der Waals surface area contributed by atoms with E-state index in [2.05, 4.69) is 32.0 Å². The topological polar surface area (TPSA) is 45.9 Å². The molecule has 0 aliphatic carbocycles. The summed E-state index contributed by atoms with van der Waals surface area (Å²) in [5, 5.41) is 4.19. The van der Waals surface area contributed by atoms with Crippen molar-refractivity contribution in [2.45, 2.75) is 0 Å². The molecule has 6 heteroatoms. The van der Waals surface area contributed by atoms with Crippen molar-refractivity contribution >= 4 is 17.2 Å². The van der Waals surface area contributed by atoms with Crippen molar-refractivity contribution in [3.8, 4) is 5.75 Å². The van der Waals surface area contributed by atoms with Gasteiger partial charge in [-0.1, -0.05) is 6.07 Å². The van der Waals surface area contributed by atoms with Crippen molar-refractivity contribution in [3.05, 3.63) is 48.8 Å². The fourth-order valence-corrected chi connectivity index (χ4v) is 2.98. The van der Waals surface area contributed by atoms with Gasteiger partial charge in [-0.2, -0.15) is 5.10 Å². The molecule has 1 aliphatic rings. The average Bonchev–Trinajstić information content (AvgIpc) is 3.09. The normalized spacial score (nSPS) is 15.2. The number of rotatable bonds is 3. The molecule has 0 amide bonds. The van der Waals surface area contributed by atoms with Gasteiger partial charge in [0.15, 0.2) is 5.65 Å². The summed E-state index contributed by atoms with van der Waals surface area (Å²) in [5.41, 5.74) is 2.10. The van der Waals surface area contributed by atoms with E-state index in [0.29, 0.717) is 0 Å². The third-order valence-corrected chi connectivity index (χ3v) is 4.27. The zero-order valence-electron chi connectivity index (χ0n) is 13.1. The molecule has 0 atom stereocenters. The third-order valence-electron chi connectivity index (χ3n) is 4.27. The zero-order valence-corrected chi connectivity index (χ0v) is 13.1. The molecule has 1 aliphatic heterocycles.